The Morgan fingerprint density at radius 2 is 1.64 bits per heavy atom. The van der Waals surface area contributed by atoms with Gasteiger partial charge in [-0.15, -0.1) is 0 Å². The van der Waals surface area contributed by atoms with E-state index < -0.39 is 47.3 Å². The van der Waals surface area contributed by atoms with Crippen molar-refractivity contribution in [3.05, 3.63) is 70.8 Å². The number of carbonyl (C=O) groups is 2. The molecule has 9 heteroatoms. The predicted molar refractivity (Wildman–Crippen MR) is 75.9 cm³/mol. The molecule has 0 heterocycles. The van der Waals surface area contributed by atoms with Gasteiger partial charge in [0, 0.05) is 0 Å². The molecule has 0 aliphatic rings. The second-order valence-electron chi connectivity index (χ2n) is 4.72. The molecule has 25 heavy (non-hydrogen) atoms. The van der Waals surface area contributed by atoms with Gasteiger partial charge in [0.15, 0.2) is 29.9 Å². The van der Waals surface area contributed by atoms with E-state index in [4.69, 9.17) is 4.84 Å². The lowest BCUT2D eigenvalue weighted by Crippen LogP contribution is -2.29. The maximum atomic E-state index is 13.4. The van der Waals surface area contributed by atoms with Gasteiger partial charge in [0.1, 0.15) is 5.56 Å². The third kappa shape index (κ3) is 4.77. The lowest BCUT2D eigenvalue weighted by Gasteiger charge is -2.08. The number of halogens is 4. The highest BCUT2D eigenvalue weighted by molar-refractivity contribution is 5.91. The Morgan fingerprint density at radius 1 is 0.960 bits per heavy atom. The number of hydrogen-bond donors (Lipinski definition) is 1. The molecule has 0 aliphatic heterocycles. The van der Waals surface area contributed by atoms with Gasteiger partial charge >= 0.3 is 5.97 Å². The summed E-state index contributed by atoms with van der Waals surface area (Å²) in [5.74, 6) is -10.3. The van der Waals surface area contributed by atoms with Crippen molar-refractivity contribution in [3.63, 3.8) is 0 Å². The van der Waals surface area contributed by atoms with E-state index in [9.17, 15) is 27.2 Å². The number of nitrogens with one attached hydrogen (secondary N) is 1. The number of carbonyl (C=O) groups excluding carboxylic acids is 2. The van der Waals surface area contributed by atoms with Gasteiger partial charge < -0.3 is 4.74 Å². The molecule has 0 spiro atoms. The largest absolute Gasteiger partial charge is 0.452 e. The summed E-state index contributed by atoms with van der Waals surface area (Å²) in [6.07, 6.45) is 0. The summed E-state index contributed by atoms with van der Waals surface area (Å²) in [7, 11) is 0. The first kappa shape index (κ1) is 18.4. The number of ether oxygens (including phenoxy) is 1. The van der Waals surface area contributed by atoms with E-state index >= 15 is 0 Å². The fourth-order valence-electron chi connectivity index (χ4n) is 1.73. The van der Waals surface area contributed by atoms with Crippen molar-refractivity contribution in [1.29, 1.82) is 0 Å². The molecule has 0 radical (unpaired) electrons. The molecule has 0 saturated carbocycles. The van der Waals surface area contributed by atoms with E-state index in [1.54, 1.807) is 30.3 Å². The third-order valence-electron chi connectivity index (χ3n) is 2.92. The Kier molecular flexibility index (Phi) is 6.07. The number of amides is 1. The van der Waals surface area contributed by atoms with Crippen LogP contribution in [-0.2, 0) is 21.0 Å². The Hall–Kier alpha value is -2.94. The van der Waals surface area contributed by atoms with Crippen molar-refractivity contribution in [3.8, 4) is 0 Å². The molecule has 0 unspecified atom stereocenters. The minimum atomic E-state index is -2.15. The Bertz CT molecular complexity index is 783. The highest BCUT2D eigenvalue weighted by Gasteiger charge is 2.24. The van der Waals surface area contributed by atoms with E-state index in [1.165, 1.54) is 0 Å². The van der Waals surface area contributed by atoms with Crippen LogP contribution in [0.1, 0.15) is 15.9 Å². The van der Waals surface area contributed by atoms with Crippen LogP contribution in [-0.4, -0.2) is 18.5 Å². The normalized spacial score (nSPS) is 10.4. The zero-order chi connectivity index (χ0) is 18.4. The molecule has 1 N–H and O–H groups in total. The van der Waals surface area contributed by atoms with Crippen molar-refractivity contribution < 1.29 is 36.7 Å². The topological polar surface area (TPSA) is 64.6 Å². The van der Waals surface area contributed by atoms with E-state index in [1.807, 2.05) is 5.48 Å². The van der Waals surface area contributed by atoms with Crippen LogP contribution in [0.2, 0.25) is 0 Å². The summed E-state index contributed by atoms with van der Waals surface area (Å²) in [6, 6.07) is 8.94. The fraction of sp³-hybridized carbons (Fsp3) is 0.125. The van der Waals surface area contributed by atoms with Crippen molar-refractivity contribution >= 4 is 11.9 Å². The van der Waals surface area contributed by atoms with Gasteiger partial charge in [0.05, 0.1) is 6.61 Å². The molecule has 5 nitrogen and oxygen atoms in total. The SMILES string of the molecule is O=C(COC(=O)c1cc(F)c(F)c(F)c1F)NOCc1ccccc1. The zero-order valence-corrected chi connectivity index (χ0v) is 12.5. The minimum absolute atomic E-state index is 0.0452. The van der Waals surface area contributed by atoms with Gasteiger partial charge in [-0.1, -0.05) is 30.3 Å². The highest BCUT2D eigenvalue weighted by atomic mass is 19.2. The van der Waals surface area contributed by atoms with Gasteiger partial charge in [-0.25, -0.2) is 27.8 Å². The standard InChI is InChI=1S/C16H11F4NO4/c17-11-6-10(13(18)15(20)14(11)19)16(23)24-8-12(22)21-25-7-9-4-2-1-3-5-9/h1-6H,7-8H2,(H,21,22). The second kappa shape index (κ2) is 8.25. The molecular weight excluding hydrogens is 346 g/mol. The molecule has 0 aromatic heterocycles. The van der Waals surface area contributed by atoms with Crippen molar-refractivity contribution in [2.75, 3.05) is 6.61 Å². The van der Waals surface area contributed by atoms with Gasteiger partial charge in [-0.05, 0) is 11.6 Å². The van der Waals surface area contributed by atoms with Crippen LogP contribution < -0.4 is 5.48 Å². The summed E-state index contributed by atoms with van der Waals surface area (Å²) in [5.41, 5.74) is 1.56. The second-order valence-corrected chi connectivity index (χ2v) is 4.72. The zero-order valence-electron chi connectivity index (χ0n) is 12.5. The van der Waals surface area contributed by atoms with E-state index in [-0.39, 0.29) is 12.7 Å². The number of hydrogen-bond acceptors (Lipinski definition) is 4. The summed E-state index contributed by atoms with van der Waals surface area (Å²) in [4.78, 5) is 27.8. The van der Waals surface area contributed by atoms with Gasteiger partial charge in [-0.3, -0.25) is 9.63 Å². The molecule has 2 rings (SSSR count). The lowest BCUT2D eigenvalue weighted by atomic mass is 10.2. The van der Waals surface area contributed by atoms with Crippen LogP contribution in [0.5, 0.6) is 0 Å². The van der Waals surface area contributed by atoms with Crippen molar-refractivity contribution in [1.82, 2.24) is 5.48 Å². The predicted octanol–water partition coefficient (Wildman–Crippen LogP) is 2.65. The highest BCUT2D eigenvalue weighted by Crippen LogP contribution is 2.19. The van der Waals surface area contributed by atoms with E-state index in [2.05, 4.69) is 4.74 Å². The molecule has 132 valence electrons. The molecule has 0 saturated heterocycles. The summed E-state index contributed by atoms with van der Waals surface area (Å²) in [6.45, 7) is -0.850. The first-order valence-electron chi connectivity index (χ1n) is 6.84. The third-order valence-corrected chi connectivity index (χ3v) is 2.92. The number of benzene rings is 2. The van der Waals surface area contributed by atoms with E-state index in [0.717, 1.165) is 5.56 Å². The first-order chi connectivity index (χ1) is 11.9. The number of rotatable bonds is 6. The van der Waals surface area contributed by atoms with Crippen LogP contribution in [0.3, 0.4) is 0 Å². The molecule has 0 bridgehead atoms. The van der Waals surface area contributed by atoms with Crippen molar-refractivity contribution in [2.45, 2.75) is 6.61 Å². The molecular formula is C16H11F4NO4. The quantitative estimate of drug-likeness (QED) is 0.284. The van der Waals surface area contributed by atoms with Crippen LogP contribution >= 0.6 is 0 Å². The summed E-state index contributed by atoms with van der Waals surface area (Å²) < 4.78 is 56.7. The van der Waals surface area contributed by atoms with Crippen LogP contribution in [0.25, 0.3) is 0 Å². The first-order valence-corrected chi connectivity index (χ1v) is 6.84. The molecule has 0 aliphatic carbocycles. The van der Waals surface area contributed by atoms with Crippen LogP contribution in [0, 0.1) is 23.3 Å². The maximum Gasteiger partial charge on any atom is 0.341 e. The average Bonchev–Trinajstić information content (AvgIpc) is 2.62. The van der Waals surface area contributed by atoms with Crippen LogP contribution in [0.15, 0.2) is 36.4 Å². The average molecular weight is 357 g/mol. The minimum Gasteiger partial charge on any atom is -0.452 e. The number of hydroxylamine groups is 1. The molecule has 2 aromatic rings. The lowest BCUT2D eigenvalue weighted by molar-refractivity contribution is -0.137. The molecule has 2 aromatic carbocycles. The Morgan fingerprint density at radius 3 is 2.32 bits per heavy atom. The van der Waals surface area contributed by atoms with Gasteiger partial charge in [0.2, 0.25) is 0 Å². The maximum absolute atomic E-state index is 13.4. The number of esters is 1. The van der Waals surface area contributed by atoms with E-state index in [0.29, 0.717) is 0 Å². The Labute approximate surface area is 139 Å². The van der Waals surface area contributed by atoms with Crippen molar-refractivity contribution in [2.24, 2.45) is 0 Å². The fourth-order valence-corrected chi connectivity index (χ4v) is 1.73. The smallest absolute Gasteiger partial charge is 0.341 e. The van der Waals surface area contributed by atoms with Gasteiger partial charge in [0.25, 0.3) is 5.91 Å². The Balaban J connectivity index is 1.84. The molecule has 1 amide bonds. The molecule has 0 atom stereocenters. The van der Waals surface area contributed by atoms with Crippen LogP contribution in [0.4, 0.5) is 17.6 Å². The monoisotopic (exact) mass is 357 g/mol. The van der Waals surface area contributed by atoms with Gasteiger partial charge in [-0.2, -0.15) is 0 Å². The summed E-state index contributed by atoms with van der Waals surface area (Å²) in [5, 5.41) is 0. The molecule has 0 fully saturated rings. The summed E-state index contributed by atoms with van der Waals surface area (Å²) >= 11 is 0.